The molecule has 15 heteroatoms. The van der Waals surface area contributed by atoms with Gasteiger partial charge in [0.2, 0.25) is 0 Å². The number of allylic oxidation sites excluding steroid dienone is 1. The number of nitrogens with zero attached hydrogens (tertiary/aromatic N) is 4. The first-order valence-corrected chi connectivity index (χ1v) is 15.5. The molecule has 0 spiro atoms. The van der Waals surface area contributed by atoms with Crippen LogP contribution in [0, 0.1) is 41.4 Å². The van der Waals surface area contributed by atoms with E-state index < -0.39 is 71.9 Å². The molecule has 5 N–H and O–H groups in total. The van der Waals surface area contributed by atoms with E-state index in [1.807, 2.05) is 32.1 Å². The van der Waals surface area contributed by atoms with Crippen molar-refractivity contribution in [2.75, 3.05) is 12.8 Å². The minimum atomic E-state index is -1.48. The van der Waals surface area contributed by atoms with E-state index in [1.165, 1.54) is 7.11 Å². The van der Waals surface area contributed by atoms with Crippen LogP contribution in [0.2, 0.25) is 0 Å². The molecule has 4 aliphatic rings. The molecule has 0 radical (unpaired) electrons. The van der Waals surface area contributed by atoms with Gasteiger partial charge in [0.05, 0.1) is 11.7 Å². The molecule has 0 aromatic carbocycles. The second-order valence-electron chi connectivity index (χ2n) is 13.0. The van der Waals surface area contributed by atoms with Crippen LogP contribution in [0.3, 0.4) is 0 Å². The maximum absolute atomic E-state index is 13.5. The largest absolute Gasteiger partial charge is 0.457 e. The first-order valence-electron chi connectivity index (χ1n) is 15.5. The molecule has 3 aliphatic carbocycles. The third-order valence-corrected chi connectivity index (χ3v) is 10.6. The third-order valence-electron chi connectivity index (χ3n) is 10.6. The topological polar surface area (TPSA) is 214 Å². The quantitative estimate of drug-likeness (QED) is 0.158. The van der Waals surface area contributed by atoms with Crippen molar-refractivity contribution in [2.45, 2.75) is 70.2 Å². The monoisotopic (exact) mass is 640 g/mol. The van der Waals surface area contributed by atoms with E-state index in [4.69, 9.17) is 24.7 Å². The number of hydrogen-bond acceptors (Lipinski definition) is 13. The number of carbonyl (C=O) groups is 3. The number of rotatable bonds is 5. The molecule has 0 saturated heterocycles. The van der Waals surface area contributed by atoms with Crippen LogP contribution in [0.4, 0.5) is 10.7 Å². The van der Waals surface area contributed by atoms with Gasteiger partial charge < -0.3 is 39.9 Å². The zero-order chi connectivity index (χ0) is 33.1. The van der Waals surface area contributed by atoms with Gasteiger partial charge in [-0.2, -0.15) is 0 Å². The van der Waals surface area contributed by atoms with Crippen molar-refractivity contribution in [3.05, 3.63) is 47.8 Å². The number of anilines is 1. The Morgan fingerprint density at radius 2 is 2.02 bits per heavy atom. The Labute approximate surface area is 265 Å². The Morgan fingerprint density at radius 1 is 1.26 bits per heavy atom. The minimum Gasteiger partial charge on any atom is -0.457 e. The highest BCUT2D eigenvalue weighted by Crippen LogP contribution is 2.66. The van der Waals surface area contributed by atoms with Crippen molar-refractivity contribution in [2.24, 2.45) is 41.4 Å². The van der Waals surface area contributed by atoms with Crippen molar-refractivity contribution in [1.82, 2.24) is 25.2 Å². The first kappa shape index (κ1) is 31.9. The van der Waals surface area contributed by atoms with Crippen LogP contribution >= 0.6 is 0 Å². The molecule has 2 aromatic heterocycles. The van der Waals surface area contributed by atoms with Crippen molar-refractivity contribution in [1.29, 1.82) is 0 Å². The van der Waals surface area contributed by atoms with Gasteiger partial charge in [0.25, 0.3) is 5.95 Å². The molecular weight excluding hydrogens is 600 g/mol. The lowest BCUT2D eigenvalue weighted by Crippen LogP contribution is -2.65. The number of aliphatic hydroxyl groups is 2. The fourth-order valence-electron chi connectivity index (χ4n) is 8.34. The standard InChI is InChI=1S/C31H40N6O9/c1-13-11-14(2)31(42)17(12-20(43-5)28(40)45-25(13)16(4)44-30(41)37-29(32)34-35-36-37)8-9-18-21-22(23(18)31)24(38)15(3)26(21)46-27(39)19-7-6-10-33-19/h6-11,13,15-18,20-26,33,38,42H,12H2,1-5H3,(H2,32,34,36)/b14-11+/t13-,15-,16-,17-,18?,20+,21+,22?,23?,24-,25+,26-,31+/m1/s1. The van der Waals surface area contributed by atoms with Crippen molar-refractivity contribution < 1.29 is 43.5 Å². The predicted molar refractivity (Wildman–Crippen MR) is 158 cm³/mol. The summed E-state index contributed by atoms with van der Waals surface area (Å²) >= 11 is 0. The van der Waals surface area contributed by atoms with Crippen molar-refractivity contribution in [3.8, 4) is 0 Å². The number of tetrazole rings is 1. The van der Waals surface area contributed by atoms with Crippen LogP contribution in [0.25, 0.3) is 0 Å². The Bertz CT molecular complexity index is 1540. The molecule has 2 fully saturated rings. The molecule has 46 heavy (non-hydrogen) atoms. The number of cyclic esters (lactones) is 1. The van der Waals surface area contributed by atoms with Crippen LogP contribution in [0.15, 0.2) is 42.1 Å². The highest BCUT2D eigenvalue weighted by atomic mass is 16.6. The molecule has 0 amide bonds. The molecule has 3 unspecified atom stereocenters. The number of ether oxygens (including phenoxy) is 4. The van der Waals surface area contributed by atoms with Crippen LogP contribution in [-0.4, -0.2) is 96.7 Å². The van der Waals surface area contributed by atoms with Gasteiger partial charge in [-0.1, -0.05) is 37.2 Å². The number of H-pyrrole nitrogens is 1. The number of esters is 2. The number of aromatic amines is 1. The highest BCUT2D eigenvalue weighted by molar-refractivity contribution is 5.87. The summed E-state index contributed by atoms with van der Waals surface area (Å²) < 4.78 is 23.7. The van der Waals surface area contributed by atoms with Crippen LogP contribution in [-0.2, 0) is 23.7 Å². The Kier molecular flexibility index (Phi) is 8.27. The lowest BCUT2D eigenvalue weighted by atomic mass is 9.46. The summed E-state index contributed by atoms with van der Waals surface area (Å²) in [4.78, 5) is 42.0. The summed E-state index contributed by atoms with van der Waals surface area (Å²) in [6.07, 6.45) is 2.15. The molecule has 1 aliphatic heterocycles. The van der Waals surface area contributed by atoms with Gasteiger partial charge in [0.15, 0.2) is 6.10 Å². The van der Waals surface area contributed by atoms with Gasteiger partial charge >= 0.3 is 18.0 Å². The van der Waals surface area contributed by atoms with Crippen molar-refractivity contribution in [3.63, 3.8) is 0 Å². The number of hydrogen-bond donors (Lipinski definition) is 4. The number of carbonyl (C=O) groups excluding carboxylic acids is 3. The predicted octanol–water partition coefficient (Wildman–Crippen LogP) is 1.50. The molecule has 3 heterocycles. The smallest absolute Gasteiger partial charge is 0.439 e. The number of fused-ring (bicyclic) bond motifs is 6. The van der Waals surface area contributed by atoms with Crippen LogP contribution in [0.5, 0.6) is 0 Å². The number of nitrogen functional groups attached to an aromatic ring is 1. The van der Waals surface area contributed by atoms with Crippen molar-refractivity contribution >= 4 is 24.0 Å². The number of nitrogens with one attached hydrogen (secondary N) is 1. The van der Waals surface area contributed by atoms with Crippen LogP contribution < -0.4 is 5.73 Å². The molecule has 13 atom stereocenters. The molecule has 248 valence electrons. The fraction of sp³-hybridized carbons (Fsp3) is 0.613. The van der Waals surface area contributed by atoms with Gasteiger partial charge in [0, 0.05) is 42.9 Å². The molecule has 2 saturated carbocycles. The van der Waals surface area contributed by atoms with E-state index in [9.17, 15) is 24.6 Å². The van der Waals surface area contributed by atoms with E-state index in [1.54, 1.807) is 32.2 Å². The summed E-state index contributed by atoms with van der Waals surface area (Å²) in [6.45, 7) is 7.04. The lowest BCUT2D eigenvalue weighted by molar-refractivity contribution is -0.186. The van der Waals surface area contributed by atoms with Crippen LogP contribution in [0.1, 0.15) is 44.6 Å². The zero-order valence-corrected chi connectivity index (χ0v) is 26.2. The number of nitrogens with two attached hydrogens (primary N) is 1. The number of aliphatic hydroxyl groups excluding tert-OH is 1. The molecule has 0 bridgehead atoms. The number of methoxy groups -OCH3 is 1. The first-order chi connectivity index (χ1) is 21.9. The number of aromatic nitrogens is 5. The van der Waals surface area contributed by atoms with E-state index in [0.29, 0.717) is 15.9 Å². The fourth-order valence-corrected chi connectivity index (χ4v) is 8.34. The summed E-state index contributed by atoms with van der Waals surface area (Å²) in [5.74, 6) is -4.08. The maximum atomic E-state index is 13.5. The summed E-state index contributed by atoms with van der Waals surface area (Å²) in [6, 6.07) is 3.35. The SMILES string of the molecule is CO[C@H]1C[C@H]2C=CC3C(C4[C@H]3[C@H](OC(=O)c3ccc[nH]3)[C@H](C)[C@H]4O)[C@]2(O)/C(C)=C/[C@@H](C)[C@@H]([C@@H](C)OC(=O)n2nnnc2N)OC1=O. The minimum absolute atomic E-state index is 0.0986. The van der Waals surface area contributed by atoms with E-state index >= 15 is 0 Å². The van der Waals surface area contributed by atoms with Gasteiger partial charge in [-0.25, -0.2) is 14.4 Å². The Hall–Kier alpha value is -4.08. The third kappa shape index (κ3) is 5.00. The molecule has 6 rings (SSSR count). The molecule has 15 nitrogen and oxygen atoms in total. The van der Waals surface area contributed by atoms with E-state index in [-0.39, 0.29) is 36.0 Å². The maximum Gasteiger partial charge on any atom is 0.439 e. The van der Waals surface area contributed by atoms with E-state index in [0.717, 1.165) is 0 Å². The van der Waals surface area contributed by atoms with Gasteiger partial charge in [-0.05, 0) is 60.2 Å². The summed E-state index contributed by atoms with van der Waals surface area (Å²) in [7, 11) is 1.39. The Balaban J connectivity index is 1.31. The second kappa shape index (κ2) is 11.9. The summed E-state index contributed by atoms with van der Waals surface area (Å²) in [5.41, 5.74) is 5.11. The molecule has 2 aromatic rings. The normalized spacial score (nSPS) is 40.2. The highest BCUT2D eigenvalue weighted by Gasteiger charge is 2.71. The average Bonchev–Trinajstić information content (AvgIpc) is 3.74. The summed E-state index contributed by atoms with van der Waals surface area (Å²) in [5, 5.41) is 34.7. The lowest BCUT2D eigenvalue weighted by Gasteiger charge is -2.61. The van der Waals surface area contributed by atoms with Gasteiger partial charge in [-0.15, -0.1) is 4.68 Å². The average molecular weight is 641 g/mol. The van der Waals surface area contributed by atoms with Gasteiger partial charge in [0.1, 0.15) is 24.0 Å². The van der Waals surface area contributed by atoms with Gasteiger partial charge in [-0.3, -0.25) is 0 Å². The van der Waals surface area contributed by atoms with E-state index in [2.05, 4.69) is 20.5 Å². The second-order valence-corrected chi connectivity index (χ2v) is 13.0. The Morgan fingerprint density at radius 3 is 2.67 bits per heavy atom. The zero-order valence-electron chi connectivity index (χ0n) is 26.2. The molecular formula is C31H40N6O9.